The standard InChI is InChI=1S/C36H39Cl2FN8/c1-36(2,3)47-11-9-23(10-12-47)43-20-32(41)35(26-6-4-5-21-17-42-19-28(21)26)46-25-13-27-33(45-24-7-8-31(39)29(37)14-24)22(16-40)18-44-34(27)30(38)15-25/h4-8,13-15,18,20,23,35,42-43,46H,9-12,17,19,41H2,1-3H3,(H,44,45)/b32-20-. The maximum absolute atomic E-state index is 13.9. The van der Waals surface area contributed by atoms with Crippen LogP contribution in [0.2, 0.25) is 10.0 Å². The van der Waals surface area contributed by atoms with E-state index in [9.17, 15) is 9.65 Å². The molecule has 3 heterocycles. The maximum Gasteiger partial charge on any atom is 0.141 e. The Bertz CT molecular complexity index is 1870. The van der Waals surface area contributed by atoms with E-state index >= 15 is 0 Å². The molecule has 0 radical (unpaired) electrons. The molecule has 0 saturated carbocycles. The van der Waals surface area contributed by atoms with E-state index in [1.54, 1.807) is 6.07 Å². The van der Waals surface area contributed by atoms with E-state index in [4.69, 9.17) is 28.9 Å². The molecule has 47 heavy (non-hydrogen) atoms. The first kappa shape index (κ1) is 32.9. The highest BCUT2D eigenvalue weighted by atomic mass is 35.5. The van der Waals surface area contributed by atoms with Crippen molar-refractivity contribution < 1.29 is 4.39 Å². The number of likely N-dealkylation sites (tertiary alicyclic amines) is 1. The summed E-state index contributed by atoms with van der Waals surface area (Å²) >= 11 is 12.9. The van der Waals surface area contributed by atoms with Gasteiger partial charge in [0.1, 0.15) is 11.9 Å². The molecule has 1 aromatic heterocycles. The van der Waals surface area contributed by atoms with E-state index in [1.807, 2.05) is 18.3 Å². The van der Waals surface area contributed by atoms with Gasteiger partial charge in [0, 0.05) is 66.9 Å². The Morgan fingerprint density at radius 2 is 1.87 bits per heavy atom. The Morgan fingerprint density at radius 3 is 2.60 bits per heavy atom. The predicted molar refractivity (Wildman–Crippen MR) is 189 cm³/mol. The van der Waals surface area contributed by atoms with E-state index in [2.05, 4.69) is 76.2 Å². The number of nitrogens with zero attached hydrogens (tertiary/aromatic N) is 3. The van der Waals surface area contributed by atoms with Gasteiger partial charge in [-0.15, -0.1) is 0 Å². The Kier molecular flexibility index (Phi) is 9.49. The number of benzene rings is 3. The Balaban J connectivity index is 1.35. The normalized spacial score (nSPS) is 16.5. The van der Waals surface area contributed by atoms with Crippen LogP contribution in [0.5, 0.6) is 0 Å². The molecular formula is C36H39Cl2FN8. The van der Waals surface area contributed by atoms with Crippen molar-refractivity contribution in [2.45, 2.75) is 64.3 Å². The average Bonchev–Trinajstić information content (AvgIpc) is 3.54. The summed E-state index contributed by atoms with van der Waals surface area (Å²) in [6.07, 6.45) is 5.48. The second-order valence-corrected chi connectivity index (χ2v) is 14.0. The van der Waals surface area contributed by atoms with Gasteiger partial charge in [-0.05, 0) is 80.6 Å². The molecule has 1 unspecified atom stereocenters. The van der Waals surface area contributed by atoms with Crippen molar-refractivity contribution in [3.8, 4) is 6.07 Å². The third-order valence-corrected chi connectivity index (χ3v) is 9.62. The molecule has 0 bridgehead atoms. The van der Waals surface area contributed by atoms with Crippen LogP contribution in [-0.2, 0) is 13.1 Å². The zero-order valence-corrected chi connectivity index (χ0v) is 28.2. The number of hydrogen-bond acceptors (Lipinski definition) is 8. The van der Waals surface area contributed by atoms with Crippen molar-refractivity contribution in [1.82, 2.24) is 20.5 Å². The fraction of sp³-hybridized carbons (Fsp3) is 0.333. The van der Waals surface area contributed by atoms with Crippen LogP contribution in [-0.4, -0.2) is 34.6 Å². The van der Waals surface area contributed by atoms with Crippen LogP contribution in [0.25, 0.3) is 10.9 Å². The molecule has 244 valence electrons. The molecule has 8 nitrogen and oxygen atoms in total. The lowest BCUT2D eigenvalue weighted by atomic mass is 9.95. The number of nitriles is 1. The number of aromatic nitrogens is 1. The summed E-state index contributed by atoms with van der Waals surface area (Å²) in [6, 6.07) is 16.5. The van der Waals surface area contributed by atoms with Crippen molar-refractivity contribution in [3.63, 3.8) is 0 Å². The van der Waals surface area contributed by atoms with E-state index in [0.29, 0.717) is 50.3 Å². The molecule has 6 N–H and O–H groups in total. The van der Waals surface area contributed by atoms with Gasteiger partial charge in [-0.3, -0.25) is 9.88 Å². The van der Waals surface area contributed by atoms with Gasteiger partial charge in [-0.25, -0.2) is 4.39 Å². The van der Waals surface area contributed by atoms with Gasteiger partial charge in [-0.1, -0.05) is 41.4 Å². The Labute approximate surface area is 285 Å². The van der Waals surface area contributed by atoms with Gasteiger partial charge in [0.2, 0.25) is 0 Å². The van der Waals surface area contributed by atoms with E-state index in [-0.39, 0.29) is 16.6 Å². The third kappa shape index (κ3) is 7.12. The first-order valence-electron chi connectivity index (χ1n) is 15.8. The number of piperidine rings is 1. The van der Waals surface area contributed by atoms with Crippen LogP contribution in [0.15, 0.2) is 66.6 Å². The molecule has 1 atom stereocenters. The molecule has 4 aromatic rings. The first-order chi connectivity index (χ1) is 22.5. The molecule has 3 aromatic carbocycles. The molecule has 6 rings (SSSR count). The number of fused-ring (bicyclic) bond motifs is 2. The summed E-state index contributed by atoms with van der Waals surface area (Å²) in [5.74, 6) is -0.532. The number of hydrogen-bond donors (Lipinski definition) is 5. The summed E-state index contributed by atoms with van der Waals surface area (Å²) in [4.78, 5) is 7.00. The van der Waals surface area contributed by atoms with Crippen molar-refractivity contribution >= 4 is 51.2 Å². The summed E-state index contributed by atoms with van der Waals surface area (Å²) in [5.41, 5.74) is 13.8. The Hall–Kier alpha value is -4.07. The minimum atomic E-state index is -0.532. The number of pyridine rings is 1. The number of halogens is 3. The minimum Gasteiger partial charge on any atom is -0.399 e. The second kappa shape index (κ2) is 13.6. The summed E-state index contributed by atoms with van der Waals surface area (Å²) in [5, 5.41) is 24.9. The average molecular weight is 674 g/mol. The Morgan fingerprint density at radius 1 is 1.11 bits per heavy atom. The third-order valence-electron chi connectivity index (χ3n) is 9.05. The van der Waals surface area contributed by atoms with E-state index < -0.39 is 5.82 Å². The smallest absolute Gasteiger partial charge is 0.141 e. The van der Waals surface area contributed by atoms with Crippen molar-refractivity contribution in [1.29, 1.82) is 5.26 Å². The number of nitrogens with one attached hydrogen (secondary N) is 4. The fourth-order valence-corrected chi connectivity index (χ4v) is 6.88. The highest BCUT2D eigenvalue weighted by Gasteiger charge is 2.27. The number of nitrogens with two attached hydrogens (primary N) is 1. The highest BCUT2D eigenvalue weighted by molar-refractivity contribution is 6.36. The van der Waals surface area contributed by atoms with Gasteiger partial charge in [0.25, 0.3) is 0 Å². The van der Waals surface area contributed by atoms with Crippen LogP contribution >= 0.6 is 23.2 Å². The van der Waals surface area contributed by atoms with E-state index in [1.165, 1.54) is 29.5 Å². The summed E-state index contributed by atoms with van der Waals surface area (Å²) < 4.78 is 13.9. The largest absolute Gasteiger partial charge is 0.399 e. The fourth-order valence-electron chi connectivity index (χ4n) is 6.43. The maximum atomic E-state index is 13.9. The lowest BCUT2D eigenvalue weighted by Crippen LogP contribution is -2.49. The van der Waals surface area contributed by atoms with Gasteiger partial charge in [0.15, 0.2) is 0 Å². The summed E-state index contributed by atoms with van der Waals surface area (Å²) in [7, 11) is 0. The molecule has 11 heteroatoms. The van der Waals surface area contributed by atoms with Crippen molar-refractivity contribution in [3.05, 3.63) is 105 Å². The highest BCUT2D eigenvalue weighted by Crippen LogP contribution is 2.38. The SMILES string of the molecule is CC(C)(C)N1CCC(N/C=C(\N)C(Nc2cc(Cl)c3ncc(C#N)c(Nc4ccc(F)c(Cl)c4)c3c2)c2cccc3c2CNC3)CC1. The monoisotopic (exact) mass is 672 g/mol. The molecule has 0 spiro atoms. The summed E-state index contributed by atoms with van der Waals surface area (Å²) in [6.45, 7) is 10.4. The van der Waals surface area contributed by atoms with Crippen molar-refractivity contribution in [2.75, 3.05) is 23.7 Å². The number of anilines is 3. The van der Waals surface area contributed by atoms with Gasteiger partial charge in [0.05, 0.1) is 38.6 Å². The minimum absolute atomic E-state index is 0.0318. The quantitative estimate of drug-likeness (QED) is 0.129. The van der Waals surface area contributed by atoms with Gasteiger partial charge >= 0.3 is 0 Å². The van der Waals surface area contributed by atoms with Crippen LogP contribution in [0.4, 0.5) is 21.5 Å². The topological polar surface area (TPSA) is 114 Å². The van der Waals surface area contributed by atoms with Gasteiger partial charge in [-0.2, -0.15) is 5.26 Å². The van der Waals surface area contributed by atoms with Crippen LogP contribution in [0.3, 0.4) is 0 Å². The van der Waals surface area contributed by atoms with Crippen LogP contribution in [0, 0.1) is 17.1 Å². The molecule has 0 aliphatic carbocycles. The molecule has 1 fully saturated rings. The molecule has 2 aliphatic heterocycles. The molecule has 2 aliphatic rings. The van der Waals surface area contributed by atoms with Crippen molar-refractivity contribution in [2.24, 2.45) is 5.73 Å². The number of rotatable bonds is 8. The molecular weight excluding hydrogens is 634 g/mol. The lowest BCUT2D eigenvalue weighted by molar-refractivity contribution is 0.0988. The second-order valence-electron chi connectivity index (χ2n) is 13.2. The zero-order chi connectivity index (χ0) is 33.3. The van der Waals surface area contributed by atoms with E-state index in [0.717, 1.165) is 44.6 Å². The van der Waals surface area contributed by atoms with Crippen LogP contribution in [0.1, 0.15) is 61.9 Å². The van der Waals surface area contributed by atoms with Crippen LogP contribution < -0.4 is 27.0 Å². The molecule has 1 saturated heterocycles. The first-order valence-corrected chi connectivity index (χ1v) is 16.6. The predicted octanol–water partition coefficient (Wildman–Crippen LogP) is 7.70. The zero-order valence-electron chi connectivity index (χ0n) is 26.7. The lowest BCUT2D eigenvalue weighted by Gasteiger charge is -2.41. The molecule has 0 amide bonds. The van der Waals surface area contributed by atoms with Gasteiger partial charge < -0.3 is 27.0 Å².